The molecule has 0 unspecified atom stereocenters. The van der Waals surface area contributed by atoms with E-state index in [4.69, 9.17) is 4.42 Å². The van der Waals surface area contributed by atoms with Gasteiger partial charge in [0.2, 0.25) is 5.91 Å². The zero-order chi connectivity index (χ0) is 22.0. The van der Waals surface area contributed by atoms with Crippen LogP contribution in [0.15, 0.2) is 52.9 Å². The summed E-state index contributed by atoms with van der Waals surface area (Å²) < 4.78 is 18.6. The van der Waals surface area contributed by atoms with Crippen LogP contribution < -0.4 is 10.9 Å². The van der Waals surface area contributed by atoms with Crippen LogP contribution in [0.4, 0.5) is 4.39 Å². The number of likely N-dealkylation sites (tertiary alicyclic amines) is 1. The maximum Gasteiger partial charge on any atom is 0.305 e. The van der Waals surface area contributed by atoms with Gasteiger partial charge in [-0.3, -0.25) is 25.2 Å². The average molecular weight is 423 g/mol. The van der Waals surface area contributed by atoms with E-state index in [-0.39, 0.29) is 23.5 Å². The van der Waals surface area contributed by atoms with Crippen molar-refractivity contribution < 1.29 is 23.2 Å². The zero-order valence-electron chi connectivity index (χ0n) is 17.0. The third kappa shape index (κ3) is 4.28. The second kappa shape index (κ2) is 8.59. The van der Waals surface area contributed by atoms with Crippen LogP contribution in [0, 0.1) is 18.7 Å². The summed E-state index contributed by atoms with van der Waals surface area (Å²) in [5.74, 6) is -1.59. The molecule has 1 aliphatic rings. The number of furan rings is 1. The Morgan fingerprint density at radius 1 is 1.00 bits per heavy atom. The number of hydrogen-bond acceptors (Lipinski definition) is 4. The molecule has 8 heteroatoms. The van der Waals surface area contributed by atoms with Crippen LogP contribution in [-0.4, -0.2) is 35.7 Å². The first kappa shape index (κ1) is 20.6. The highest BCUT2D eigenvalue weighted by molar-refractivity contribution is 5.99. The van der Waals surface area contributed by atoms with Crippen LogP contribution in [0.3, 0.4) is 0 Å². The van der Waals surface area contributed by atoms with Gasteiger partial charge in [0, 0.05) is 35.5 Å². The van der Waals surface area contributed by atoms with E-state index in [2.05, 4.69) is 10.9 Å². The minimum Gasteiger partial charge on any atom is -0.451 e. The lowest BCUT2D eigenvalue weighted by Crippen LogP contribution is -2.48. The number of benzene rings is 2. The van der Waals surface area contributed by atoms with Crippen molar-refractivity contribution in [3.63, 3.8) is 0 Å². The van der Waals surface area contributed by atoms with Gasteiger partial charge in [0.15, 0.2) is 5.76 Å². The first-order valence-electron chi connectivity index (χ1n) is 10.1. The Morgan fingerprint density at radius 2 is 1.68 bits per heavy atom. The number of para-hydroxylation sites is 1. The van der Waals surface area contributed by atoms with E-state index in [1.807, 2.05) is 18.2 Å². The molecule has 1 fully saturated rings. The molecule has 1 aliphatic heterocycles. The topological polar surface area (TPSA) is 91.7 Å². The fourth-order valence-electron chi connectivity index (χ4n) is 3.79. The number of nitrogens with one attached hydrogen (secondary N) is 2. The van der Waals surface area contributed by atoms with E-state index in [0.29, 0.717) is 42.6 Å². The Hall–Kier alpha value is -3.68. The first-order valence-corrected chi connectivity index (χ1v) is 10.1. The van der Waals surface area contributed by atoms with E-state index in [0.717, 1.165) is 5.39 Å². The summed E-state index contributed by atoms with van der Waals surface area (Å²) in [4.78, 5) is 39.1. The van der Waals surface area contributed by atoms with Crippen molar-refractivity contribution >= 4 is 28.7 Å². The minimum absolute atomic E-state index is 0.154. The maximum absolute atomic E-state index is 13.0. The Balaban J connectivity index is 1.30. The quantitative estimate of drug-likeness (QED) is 0.633. The summed E-state index contributed by atoms with van der Waals surface area (Å²) in [5, 5.41) is 0.845. The summed E-state index contributed by atoms with van der Waals surface area (Å²) in [6.45, 7) is 2.60. The third-order valence-corrected chi connectivity index (χ3v) is 5.59. The van der Waals surface area contributed by atoms with Crippen LogP contribution in [0.2, 0.25) is 0 Å². The number of carbonyl (C=O) groups excluding carboxylic acids is 3. The largest absolute Gasteiger partial charge is 0.451 e. The lowest BCUT2D eigenvalue weighted by atomic mass is 9.95. The van der Waals surface area contributed by atoms with E-state index >= 15 is 0 Å². The Bertz CT molecular complexity index is 1130. The van der Waals surface area contributed by atoms with Gasteiger partial charge in [0.25, 0.3) is 5.91 Å². The molecule has 3 amide bonds. The third-order valence-electron chi connectivity index (χ3n) is 5.59. The van der Waals surface area contributed by atoms with Gasteiger partial charge in [-0.25, -0.2) is 4.39 Å². The molecule has 1 aromatic heterocycles. The monoisotopic (exact) mass is 423 g/mol. The highest BCUT2D eigenvalue weighted by Crippen LogP contribution is 2.24. The van der Waals surface area contributed by atoms with Gasteiger partial charge in [-0.1, -0.05) is 18.2 Å². The number of aryl methyl sites for hydroxylation is 1. The minimum atomic E-state index is -0.522. The number of piperidine rings is 1. The van der Waals surface area contributed by atoms with Crippen LogP contribution in [0.5, 0.6) is 0 Å². The molecule has 0 spiro atoms. The Morgan fingerprint density at radius 3 is 2.35 bits per heavy atom. The molecule has 0 aliphatic carbocycles. The van der Waals surface area contributed by atoms with E-state index in [1.54, 1.807) is 17.9 Å². The van der Waals surface area contributed by atoms with Crippen LogP contribution in [-0.2, 0) is 4.79 Å². The molecule has 2 heterocycles. The van der Waals surface area contributed by atoms with Crippen molar-refractivity contribution in [2.75, 3.05) is 13.1 Å². The lowest BCUT2D eigenvalue weighted by molar-refractivity contribution is -0.127. The van der Waals surface area contributed by atoms with Crippen molar-refractivity contribution in [2.24, 2.45) is 5.92 Å². The number of carbonyl (C=O) groups is 3. The van der Waals surface area contributed by atoms with Gasteiger partial charge in [-0.05, 0) is 50.1 Å². The second-order valence-corrected chi connectivity index (χ2v) is 7.57. The zero-order valence-corrected chi connectivity index (χ0v) is 17.0. The molecule has 3 aromatic rings. The number of fused-ring (bicyclic) bond motifs is 1. The fraction of sp³-hybridized carbons (Fsp3) is 0.261. The predicted octanol–water partition coefficient (Wildman–Crippen LogP) is 3.19. The molecule has 7 nitrogen and oxygen atoms in total. The molecule has 1 saturated heterocycles. The molecule has 2 N–H and O–H groups in total. The summed E-state index contributed by atoms with van der Waals surface area (Å²) in [5.41, 5.74) is 6.60. The fourth-order valence-corrected chi connectivity index (χ4v) is 3.79. The highest BCUT2D eigenvalue weighted by Gasteiger charge is 2.28. The average Bonchev–Trinajstić information content (AvgIpc) is 3.14. The summed E-state index contributed by atoms with van der Waals surface area (Å²) >= 11 is 0. The second-order valence-electron chi connectivity index (χ2n) is 7.57. The summed E-state index contributed by atoms with van der Waals surface area (Å²) in [7, 11) is 0. The van der Waals surface area contributed by atoms with Crippen LogP contribution in [0.25, 0.3) is 11.0 Å². The number of hydrogen-bond donors (Lipinski definition) is 2. The molecule has 0 atom stereocenters. The molecule has 0 saturated carbocycles. The van der Waals surface area contributed by atoms with E-state index in [9.17, 15) is 18.8 Å². The highest BCUT2D eigenvalue weighted by atomic mass is 19.1. The molecule has 0 bridgehead atoms. The molecule has 160 valence electrons. The van der Waals surface area contributed by atoms with Crippen LogP contribution in [0.1, 0.15) is 39.3 Å². The number of hydrazine groups is 1. The van der Waals surface area contributed by atoms with Gasteiger partial charge in [-0.15, -0.1) is 0 Å². The van der Waals surface area contributed by atoms with Gasteiger partial charge < -0.3 is 9.32 Å². The van der Waals surface area contributed by atoms with E-state index < -0.39 is 11.7 Å². The first-order chi connectivity index (χ1) is 14.9. The molecular weight excluding hydrogens is 401 g/mol. The summed E-state index contributed by atoms with van der Waals surface area (Å²) in [6, 6.07) is 12.7. The Labute approximate surface area is 178 Å². The standard InChI is InChI=1S/C23H22FN3O4/c1-14-18-4-2-3-5-19(18)31-20(14)22(29)26-25-21(28)15-10-12-27(13-11-15)23(30)16-6-8-17(24)9-7-16/h2-9,15H,10-13H2,1H3,(H,25,28)(H,26,29). The van der Waals surface area contributed by atoms with Gasteiger partial charge >= 0.3 is 5.91 Å². The molecule has 2 aromatic carbocycles. The maximum atomic E-state index is 13.0. The van der Waals surface area contributed by atoms with Crippen molar-refractivity contribution in [3.05, 3.63) is 71.2 Å². The molecule has 31 heavy (non-hydrogen) atoms. The predicted molar refractivity (Wildman–Crippen MR) is 112 cm³/mol. The van der Waals surface area contributed by atoms with Gasteiger partial charge in [0.05, 0.1) is 0 Å². The number of nitrogens with zero attached hydrogens (tertiary/aromatic N) is 1. The molecular formula is C23H22FN3O4. The molecule has 4 rings (SSSR count). The smallest absolute Gasteiger partial charge is 0.305 e. The lowest BCUT2D eigenvalue weighted by Gasteiger charge is -2.31. The number of amides is 3. The molecule has 0 radical (unpaired) electrons. The van der Waals surface area contributed by atoms with E-state index in [1.165, 1.54) is 24.3 Å². The van der Waals surface area contributed by atoms with Crippen LogP contribution >= 0.6 is 0 Å². The normalized spacial score (nSPS) is 14.5. The number of rotatable bonds is 3. The Kier molecular flexibility index (Phi) is 5.70. The number of halogens is 1. The van der Waals surface area contributed by atoms with Crippen molar-refractivity contribution in [1.82, 2.24) is 15.8 Å². The van der Waals surface area contributed by atoms with Gasteiger partial charge in [-0.2, -0.15) is 0 Å². The SMILES string of the molecule is Cc1c(C(=O)NNC(=O)C2CCN(C(=O)c3ccc(F)cc3)CC2)oc2ccccc12. The summed E-state index contributed by atoms with van der Waals surface area (Å²) in [6.07, 6.45) is 0.941. The van der Waals surface area contributed by atoms with Gasteiger partial charge in [0.1, 0.15) is 11.4 Å². The van der Waals surface area contributed by atoms with Crippen molar-refractivity contribution in [1.29, 1.82) is 0 Å². The van der Waals surface area contributed by atoms with Crippen molar-refractivity contribution in [2.45, 2.75) is 19.8 Å². The van der Waals surface area contributed by atoms with Crippen molar-refractivity contribution in [3.8, 4) is 0 Å².